The third-order valence-electron chi connectivity index (χ3n) is 13.4. The SMILES string of the molecule is CC.c1ccc(-c2ccc(N(c3ccc4c(c3)sc3cc(-c5cccc6c7cccc8c9ccccc9n(c56)c87)ccc34)c3ccc4c(c3)c3ccccc3n4-c3ccccc3)cc2)cc1. The number of aromatic nitrogens is 2. The Morgan fingerprint density at radius 1 is 0.333 bits per heavy atom. The average molecular weight is 862 g/mol. The number of para-hydroxylation sites is 5. The van der Waals surface area contributed by atoms with E-state index >= 15 is 0 Å². The van der Waals surface area contributed by atoms with Crippen molar-refractivity contribution in [2.45, 2.75) is 13.8 Å². The standard InChI is InChI=1S/C60H37N3S.C2H6/c1-3-13-38(14-4-1)39-25-28-42(29-26-39)61(43-31-34-56-53(36-43)47-18-8-9-23-54(47)62(56)41-15-5-2-6-16-41)44-30-33-49-48-32-27-40(35-57(48)64-58(49)37-44)45-19-11-21-51-52-22-12-20-50-46-17-7-10-24-55(46)63(59(45)51)60(50)52;1-2/h1-37H;1-2H3. The van der Waals surface area contributed by atoms with Crippen molar-refractivity contribution < 1.29 is 0 Å². The molecule has 0 aliphatic heterocycles. The third-order valence-corrected chi connectivity index (χ3v) is 14.5. The molecule has 0 saturated heterocycles. The molecule has 4 aromatic heterocycles. The first kappa shape index (κ1) is 38.3. The molecular formula is C62H43N3S. The molecule has 0 fully saturated rings. The highest BCUT2D eigenvalue weighted by molar-refractivity contribution is 7.25. The molecule has 3 nitrogen and oxygen atoms in total. The van der Waals surface area contributed by atoms with Crippen molar-refractivity contribution in [3.05, 3.63) is 224 Å². The first-order valence-electron chi connectivity index (χ1n) is 22.9. The van der Waals surface area contributed by atoms with Crippen LogP contribution in [0, 0.1) is 0 Å². The van der Waals surface area contributed by atoms with E-state index in [1.807, 2.05) is 25.2 Å². The summed E-state index contributed by atoms with van der Waals surface area (Å²) in [6, 6.07) is 82.6. The zero-order chi connectivity index (χ0) is 43.9. The fourth-order valence-corrected chi connectivity index (χ4v) is 11.8. The molecule has 0 radical (unpaired) electrons. The Bertz CT molecular complexity index is 4120. The Balaban J connectivity index is 0.00000215. The van der Waals surface area contributed by atoms with Crippen LogP contribution in [-0.2, 0) is 0 Å². The Morgan fingerprint density at radius 2 is 0.848 bits per heavy atom. The highest BCUT2D eigenvalue weighted by Crippen LogP contribution is 2.46. The lowest BCUT2D eigenvalue weighted by molar-refractivity contribution is 1.18. The summed E-state index contributed by atoms with van der Waals surface area (Å²) in [4.78, 5) is 2.42. The Labute approximate surface area is 386 Å². The van der Waals surface area contributed by atoms with E-state index in [0.29, 0.717) is 0 Å². The molecule has 0 spiro atoms. The van der Waals surface area contributed by atoms with E-state index in [1.54, 1.807) is 0 Å². The number of hydrogen-bond donors (Lipinski definition) is 0. The first-order valence-corrected chi connectivity index (χ1v) is 23.7. The van der Waals surface area contributed by atoms with Crippen molar-refractivity contribution >= 4 is 108 Å². The highest BCUT2D eigenvalue weighted by atomic mass is 32.1. The van der Waals surface area contributed by atoms with Crippen molar-refractivity contribution in [2.75, 3.05) is 4.90 Å². The van der Waals surface area contributed by atoms with Crippen LogP contribution >= 0.6 is 11.3 Å². The minimum atomic E-state index is 1.11. The molecule has 0 bridgehead atoms. The van der Waals surface area contributed by atoms with Gasteiger partial charge in [-0.05, 0) is 89.5 Å². The molecule has 14 rings (SSSR count). The number of thiophene rings is 1. The van der Waals surface area contributed by atoms with E-state index < -0.39 is 0 Å². The van der Waals surface area contributed by atoms with Gasteiger partial charge in [0.2, 0.25) is 0 Å². The number of fused-ring (bicyclic) bond motifs is 12. The molecule has 0 aliphatic carbocycles. The predicted molar refractivity (Wildman–Crippen MR) is 285 cm³/mol. The summed E-state index contributed by atoms with van der Waals surface area (Å²) < 4.78 is 7.44. The van der Waals surface area contributed by atoms with E-state index in [2.05, 4.69) is 238 Å². The van der Waals surface area contributed by atoms with Gasteiger partial charge in [-0.15, -0.1) is 11.3 Å². The van der Waals surface area contributed by atoms with Gasteiger partial charge in [0.1, 0.15) is 0 Å². The second-order valence-corrected chi connectivity index (χ2v) is 18.0. The largest absolute Gasteiger partial charge is 0.310 e. The second-order valence-electron chi connectivity index (χ2n) is 16.9. The maximum Gasteiger partial charge on any atom is 0.0620 e. The smallest absolute Gasteiger partial charge is 0.0620 e. The van der Waals surface area contributed by atoms with Gasteiger partial charge in [-0.3, -0.25) is 0 Å². The monoisotopic (exact) mass is 861 g/mol. The maximum absolute atomic E-state index is 2.50. The molecule has 66 heavy (non-hydrogen) atoms. The molecule has 0 saturated carbocycles. The Kier molecular flexibility index (Phi) is 8.84. The van der Waals surface area contributed by atoms with E-state index in [-0.39, 0.29) is 0 Å². The van der Waals surface area contributed by atoms with Crippen LogP contribution in [0.1, 0.15) is 13.8 Å². The summed E-state index contributed by atoms with van der Waals surface area (Å²) in [5, 5.41) is 10.2. The van der Waals surface area contributed by atoms with Gasteiger partial charge in [0.05, 0.1) is 27.6 Å². The summed E-state index contributed by atoms with van der Waals surface area (Å²) >= 11 is 1.88. The van der Waals surface area contributed by atoms with Crippen molar-refractivity contribution in [3.8, 4) is 27.9 Å². The van der Waals surface area contributed by atoms with Gasteiger partial charge in [0.15, 0.2) is 0 Å². The molecule has 10 aromatic carbocycles. The zero-order valence-electron chi connectivity index (χ0n) is 36.6. The van der Waals surface area contributed by atoms with Crippen LogP contribution in [0.5, 0.6) is 0 Å². The maximum atomic E-state index is 2.50. The summed E-state index contributed by atoms with van der Waals surface area (Å²) in [6.45, 7) is 4.00. The predicted octanol–water partition coefficient (Wildman–Crippen LogP) is 18.1. The van der Waals surface area contributed by atoms with E-state index in [9.17, 15) is 0 Å². The quantitative estimate of drug-likeness (QED) is 0.162. The van der Waals surface area contributed by atoms with Crippen molar-refractivity contribution in [3.63, 3.8) is 0 Å². The number of hydrogen-bond acceptors (Lipinski definition) is 2. The fraction of sp³-hybridized carbons (Fsp3) is 0.0323. The van der Waals surface area contributed by atoms with Gasteiger partial charge in [0, 0.05) is 80.8 Å². The normalized spacial score (nSPS) is 11.8. The molecule has 0 atom stereocenters. The summed E-state index contributed by atoms with van der Waals surface area (Å²) in [6.07, 6.45) is 0. The Morgan fingerprint density at radius 3 is 1.62 bits per heavy atom. The van der Waals surface area contributed by atoms with Crippen LogP contribution < -0.4 is 4.90 Å². The van der Waals surface area contributed by atoms with Gasteiger partial charge in [-0.25, -0.2) is 0 Å². The molecule has 0 amide bonds. The summed E-state index contributed by atoms with van der Waals surface area (Å²) in [5.74, 6) is 0. The molecular weight excluding hydrogens is 819 g/mol. The molecule has 0 aliphatic rings. The van der Waals surface area contributed by atoms with Gasteiger partial charge in [-0.2, -0.15) is 0 Å². The minimum Gasteiger partial charge on any atom is -0.310 e. The topological polar surface area (TPSA) is 12.6 Å². The molecule has 0 N–H and O–H groups in total. The average Bonchev–Trinajstić information content (AvgIpc) is 4.13. The lowest BCUT2D eigenvalue weighted by atomic mass is 10.00. The van der Waals surface area contributed by atoms with Gasteiger partial charge in [-0.1, -0.05) is 166 Å². The second kappa shape index (κ2) is 15.2. The third kappa shape index (κ3) is 5.75. The number of benzene rings is 10. The van der Waals surface area contributed by atoms with Gasteiger partial charge < -0.3 is 13.9 Å². The van der Waals surface area contributed by atoms with Crippen molar-refractivity contribution in [2.24, 2.45) is 0 Å². The molecule has 0 unspecified atom stereocenters. The van der Waals surface area contributed by atoms with Gasteiger partial charge in [0.25, 0.3) is 0 Å². The molecule has 14 aromatic rings. The van der Waals surface area contributed by atoms with E-state index in [4.69, 9.17) is 0 Å². The fourth-order valence-electron chi connectivity index (χ4n) is 10.6. The van der Waals surface area contributed by atoms with Crippen LogP contribution in [0.4, 0.5) is 17.1 Å². The van der Waals surface area contributed by atoms with Gasteiger partial charge >= 0.3 is 0 Å². The first-order chi connectivity index (χ1) is 32.7. The van der Waals surface area contributed by atoms with E-state index in [0.717, 1.165) is 22.7 Å². The Hall–Kier alpha value is -8.18. The van der Waals surface area contributed by atoms with Crippen LogP contribution in [0.2, 0.25) is 0 Å². The number of rotatable bonds is 6. The lowest BCUT2D eigenvalue weighted by Crippen LogP contribution is -2.09. The molecule has 312 valence electrons. The number of anilines is 3. The summed E-state index contributed by atoms with van der Waals surface area (Å²) in [5.41, 5.74) is 15.6. The number of nitrogens with zero attached hydrogens (tertiary/aromatic N) is 3. The molecule has 4 heterocycles. The van der Waals surface area contributed by atoms with Crippen molar-refractivity contribution in [1.82, 2.24) is 8.97 Å². The summed E-state index contributed by atoms with van der Waals surface area (Å²) in [7, 11) is 0. The van der Waals surface area contributed by atoms with Crippen LogP contribution in [0.25, 0.3) is 108 Å². The minimum absolute atomic E-state index is 1.11. The van der Waals surface area contributed by atoms with Crippen LogP contribution in [0.15, 0.2) is 224 Å². The van der Waals surface area contributed by atoms with Crippen LogP contribution in [-0.4, -0.2) is 8.97 Å². The molecule has 4 heteroatoms. The van der Waals surface area contributed by atoms with Crippen molar-refractivity contribution in [1.29, 1.82) is 0 Å². The highest BCUT2D eigenvalue weighted by Gasteiger charge is 2.22. The lowest BCUT2D eigenvalue weighted by Gasteiger charge is -2.26. The van der Waals surface area contributed by atoms with Crippen LogP contribution in [0.3, 0.4) is 0 Å². The zero-order valence-corrected chi connectivity index (χ0v) is 37.4. The van der Waals surface area contributed by atoms with E-state index in [1.165, 1.54) is 102 Å².